The Hall–Kier alpha value is -3.64. The third kappa shape index (κ3) is 5.83. The molecule has 0 fully saturated rings. The van der Waals surface area contributed by atoms with E-state index in [1.165, 1.54) is 0 Å². The minimum absolute atomic E-state index is 0.0311. The number of alkyl halides is 6. The van der Waals surface area contributed by atoms with E-state index in [1.54, 1.807) is 25.1 Å². The number of hydrogen-bond acceptors (Lipinski definition) is 6. The molecule has 2 aromatic heterocycles. The van der Waals surface area contributed by atoms with Crippen molar-refractivity contribution in [2.24, 2.45) is 0 Å². The summed E-state index contributed by atoms with van der Waals surface area (Å²) in [6.45, 7) is 2.33. The number of rotatable bonds is 7. The quantitative estimate of drug-likeness (QED) is 0.440. The van der Waals surface area contributed by atoms with Gasteiger partial charge in [-0.15, -0.1) is 0 Å². The van der Waals surface area contributed by atoms with Crippen LogP contribution in [0.4, 0.5) is 26.3 Å². The Bertz CT molecular complexity index is 1190. The second kappa shape index (κ2) is 9.31. The van der Waals surface area contributed by atoms with Gasteiger partial charge in [-0.2, -0.15) is 31.3 Å². The number of aromatic nitrogens is 3. The Kier molecular flexibility index (Phi) is 6.84. The summed E-state index contributed by atoms with van der Waals surface area (Å²) in [5.74, 6) is -2.40. The normalized spacial score (nSPS) is 13.1. The summed E-state index contributed by atoms with van der Waals surface area (Å²) in [4.78, 5) is 18.2. The number of benzene rings is 1. The van der Waals surface area contributed by atoms with Crippen molar-refractivity contribution in [3.05, 3.63) is 47.2 Å². The molecule has 0 radical (unpaired) electrons. The maximum absolute atomic E-state index is 13.6. The van der Waals surface area contributed by atoms with E-state index < -0.39 is 47.3 Å². The van der Waals surface area contributed by atoms with Crippen molar-refractivity contribution in [2.45, 2.75) is 45.1 Å². The van der Waals surface area contributed by atoms with Gasteiger partial charge in [0.15, 0.2) is 6.10 Å². The fraction of sp³-hybridized carbons (Fsp3) is 0.333. The lowest BCUT2D eigenvalue weighted by Gasteiger charge is -2.18. The first kappa shape index (κ1) is 25.0. The van der Waals surface area contributed by atoms with E-state index in [-0.39, 0.29) is 18.7 Å². The lowest BCUT2D eigenvalue weighted by molar-refractivity contribution is -0.190. The fourth-order valence-corrected chi connectivity index (χ4v) is 2.98. The van der Waals surface area contributed by atoms with E-state index in [0.717, 1.165) is 5.56 Å². The first-order chi connectivity index (χ1) is 15.8. The molecule has 0 aliphatic carbocycles. The molecular weight excluding hydrogens is 472 g/mol. The van der Waals surface area contributed by atoms with Crippen molar-refractivity contribution in [3.63, 3.8) is 0 Å². The Morgan fingerprint density at radius 1 is 1.15 bits per heavy atom. The van der Waals surface area contributed by atoms with Crippen molar-refractivity contribution in [1.82, 2.24) is 15.1 Å². The van der Waals surface area contributed by atoms with Crippen LogP contribution in [0.2, 0.25) is 0 Å². The summed E-state index contributed by atoms with van der Waals surface area (Å²) in [6, 6.07) is 5.26. The number of ether oxygens (including phenoxy) is 1. The van der Waals surface area contributed by atoms with Crippen LogP contribution in [0.3, 0.4) is 0 Å². The zero-order valence-electron chi connectivity index (χ0n) is 17.7. The second-order valence-electron chi connectivity index (χ2n) is 7.33. The van der Waals surface area contributed by atoms with Crippen LogP contribution in [0.5, 0.6) is 5.88 Å². The third-order valence-corrected chi connectivity index (χ3v) is 4.76. The first-order valence-corrected chi connectivity index (χ1v) is 9.72. The number of pyridine rings is 1. The van der Waals surface area contributed by atoms with Crippen molar-refractivity contribution < 1.29 is 45.5 Å². The SMILES string of the molecule is Cc1cc(CCC(=O)O)ccc1-c1noc(-c2cnc(OC(C)C(F)(F)F)cc2C(F)(F)F)n1. The molecule has 0 saturated carbocycles. The molecule has 3 aromatic rings. The van der Waals surface area contributed by atoms with Crippen molar-refractivity contribution in [2.75, 3.05) is 0 Å². The molecule has 3 rings (SSSR count). The molecule has 0 aliphatic heterocycles. The molecule has 0 amide bonds. The smallest absolute Gasteiger partial charge is 0.425 e. The topological polar surface area (TPSA) is 98.3 Å². The molecule has 1 atom stereocenters. The van der Waals surface area contributed by atoms with Gasteiger partial charge in [0, 0.05) is 24.2 Å². The van der Waals surface area contributed by atoms with Gasteiger partial charge in [-0.1, -0.05) is 23.4 Å². The molecule has 13 heteroatoms. The summed E-state index contributed by atoms with van der Waals surface area (Å²) < 4.78 is 88.4. The van der Waals surface area contributed by atoms with Gasteiger partial charge in [-0.25, -0.2) is 4.98 Å². The van der Waals surface area contributed by atoms with Crippen LogP contribution in [-0.2, 0) is 17.4 Å². The van der Waals surface area contributed by atoms with Gasteiger partial charge in [-0.05, 0) is 31.4 Å². The second-order valence-corrected chi connectivity index (χ2v) is 7.33. The monoisotopic (exact) mass is 489 g/mol. The highest BCUT2D eigenvalue weighted by molar-refractivity contribution is 5.68. The van der Waals surface area contributed by atoms with Crippen LogP contribution in [0.1, 0.15) is 30.0 Å². The molecule has 0 saturated heterocycles. The van der Waals surface area contributed by atoms with Crippen LogP contribution >= 0.6 is 0 Å². The van der Waals surface area contributed by atoms with E-state index in [4.69, 9.17) is 9.63 Å². The number of carbonyl (C=O) groups is 1. The van der Waals surface area contributed by atoms with Gasteiger partial charge in [0.05, 0.1) is 11.1 Å². The zero-order chi connectivity index (χ0) is 25.3. The molecule has 1 aromatic carbocycles. The van der Waals surface area contributed by atoms with E-state index in [1.807, 2.05) is 0 Å². The summed E-state index contributed by atoms with van der Waals surface area (Å²) in [7, 11) is 0. The van der Waals surface area contributed by atoms with Gasteiger partial charge in [-0.3, -0.25) is 4.79 Å². The standard InChI is InChI=1S/C21H17F6N3O4/c1-10-7-12(4-6-17(31)32)3-5-13(10)18-29-19(34-30-18)14-9-28-16(8-15(14)21(25,26)27)33-11(2)20(22,23)24/h3,5,7-9,11H,4,6H2,1-2H3,(H,31,32). The summed E-state index contributed by atoms with van der Waals surface area (Å²) in [6.07, 6.45) is -11.3. The minimum Gasteiger partial charge on any atom is -0.481 e. The molecule has 0 spiro atoms. The molecule has 2 heterocycles. The Labute approximate surface area is 188 Å². The number of aryl methyl sites for hydroxylation is 2. The van der Waals surface area contributed by atoms with Gasteiger partial charge in [0.1, 0.15) is 0 Å². The van der Waals surface area contributed by atoms with E-state index in [0.29, 0.717) is 30.3 Å². The van der Waals surface area contributed by atoms with Gasteiger partial charge >= 0.3 is 18.3 Å². The summed E-state index contributed by atoms with van der Waals surface area (Å²) in [5.41, 5.74) is -0.180. The van der Waals surface area contributed by atoms with Crippen LogP contribution < -0.4 is 4.74 Å². The molecule has 1 N–H and O–H groups in total. The Morgan fingerprint density at radius 3 is 2.44 bits per heavy atom. The third-order valence-electron chi connectivity index (χ3n) is 4.76. The molecule has 7 nitrogen and oxygen atoms in total. The average Bonchev–Trinajstić information content (AvgIpc) is 3.20. The van der Waals surface area contributed by atoms with E-state index in [9.17, 15) is 31.1 Å². The maximum atomic E-state index is 13.6. The predicted molar refractivity (Wildman–Crippen MR) is 105 cm³/mol. The van der Waals surface area contributed by atoms with Crippen molar-refractivity contribution in [3.8, 4) is 28.7 Å². The van der Waals surface area contributed by atoms with Crippen LogP contribution in [-0.4, -0.2) is 38.5 Å². The molecule has 1 unspecified atom stereocenters. The van der Waals surface area contributed by atoms with Gasteiger partial charge < -0.3 is 14.4 Å². The Morgan fingerprint density at radius 2 is 1.85 bits per heavy atom. The molecular formula is C21H17F6N3O4. The lowest BCUT2D eigenvalue weighted by Crippen LogP contribution is -2.31. The number of halogens is 6. The van der Waals surface area contributed by atoms with Gasteiger partial charge in [0.25, 0.3) is 5.89 Å². The van der Waals surface area contributed by atoms with E-state index in [2.05, 4.69) is 19.9 Å². The summed E-state index contributed by atoms with van der Waals surface area (Å²) in [5, 5.41) is 12.5. The lowest BCUT2D eigenvalue weighted by atomic mass is 10.0. The average molecular weight is 489 g/mol. The first-order valence-electron chi connectivity index (χ1n) is 9.72. The minimum atomic E-state index is -4.98. The van der Waals surface area contributed by atoms with E-state index >= 15 is 0 Å². The summed E-state index contributed by atoms with van der Waals surface area (Å²) >= 11 is 0. The number of aliphatic carboxylic acids is 1. The van der Waals surface area contributed by atoms with Crippen LogP contribution in [0, 0.1) is 6.92 Å². The van der Waals surface area contributed by atoms with Gasteiger partial charge in [0.2, 0.25) is 11.7 Å². The van der Waals surface area contributed by atoms with Crippen molar-refractivity contribution in [1.29, 1.82) is 0 Å². The zero-order valence-corrected chi connectivity index (χ0v) is 17.7. The predicted octanol–water partition coefficient (Wildman–Crippen LogP) is 5.47. The van der Waals surface area contributed by atoms with Crippen molar-refractivity contribution >= 4 is 5.97 Å². The van der Waals surface area contributed by atoms with Crippen LogP contribution in [0.25, 0.3) is 22.8 Å². The van der Waals surface area contributed by atoms with Crippen LogP contribution in [0.15, 0.2) is 35.0 Å². The number of nitrogens with zero attached hydrogens (tertiary/aromatic N) is 3. The number of carboxylic acid groups (broad SMARTS) is 1. The number of carboxylic acids is 1. The highest BCUT2D eigenvalue weighted by Gasteiger charge is 2.40. The highest BCUT2D eigenvalue weighted by Crippen LogP contribution is 2.39. The highest BCUT2D eigenvalue weighted by atomic mass is 19.4. The largest absolute Gasteiger partial charge is 0.481 e. The fourth-order valence-electron chi connectivity index (χ4n) is 2.98. The number of hydrogen-bond donors (Lipinski definition) is 1. The molecule has 182 valence electrons. The maximum Gasteiger partial charge on any atom is 0.425 e. The molecule has 0 bridgehead atoms. The molecule has 34 heavy (non-hydrogen) atoms. The molecule has 0 aliphatic rings. The Balaban J connectivity index is 1.93.